The molecule has 0 unspecified atom stereocenters. The van der Waals surface area contributed by atoms with Crippen LogP contribution in [0.3, 0.4) is 0 Å². The maximum Gasteiger partial charge on any atom is 0.213 e. The number of rotatable bonds is 4. The number of benzene rings is 2. The van der Waals surface area contributed by atoms with Crippen molar-refractivity contribution in [2.24, 2.45) is 7.05 Å². The van der Waals surface area contributed by atoms with Gasteiger partial charge in [-0.3, -0.25) is 9.48 Å². The first-order valence-corrected chi connectivity index (χ1v) is 7.26. The van der Waals surface area contributed by atoms with Crippen molar-refractivity contribution in [2.75, 3.05) is 0 Å². The van der Waals surface area contributed by atoms with Crippen molar-refractivity contribution in [1.82, 2.24) is 9.78 Å². The van der Waals surface area contributed by atoms with Crippen molar-refractivity contribution < 1.29 is 4.79 Å². The van der Waals surface area contributed by atoms with Gasteiger partial charge in [0.1, 0.15) is 5.69 Å². The van der Waals surface area contributed by atoms with Crippen LogP contribution in [-0.4, -0.2) is 15.6 Å². The number of aromatic nitrogens is 2. The van der Waals surface area contributed by atoms with E-state index >= 15 is 0 Å². The van der Waals surface area contributed by atoms with Crippen molar-refractivity contribution >= 4 is 16.7 Å². The van der Waals surface area contributed by atoms with Gasteiger partial charge < -0.3 is 0 Å². The van der Waals surface area contributed by atoms with Gasteiger partial charge in [-0.25, -0.2) is 0 Å². The normalized spacial score (nSPS) is 11.0. The van der Waals surface area contributed by atoms with Crippen LogP contribution >= 0.6 is 0 Å². The van der Waals surface area contributed by atoms with Gasteiger partial charge in [0.05, 0.1) is 5.52 Å². The average molecular weight is 278 g/mol. The number of ketones is 1. The highest BCUT2D eigenvalue weighted by Gasteiger charge is 2.17. The Morgan fingerprint density at radius 1 is 1.14 bits per heavy atom. The lowest BCUT2D eigenvalue weighted by Gasteiger charge is -2.02. The fourth-order valence-corrected chi connectivity index (χ4v) is 2.68. The van der Waals surface area contributed by atoms with Crippen LogP contribution < -0.4 is 0 Å². The second-order valence-corrected chi connectivity index (χ2v) is 5.27. The molecule has 0 fully saturated rings. The molecule has 0 aliphatic heterocycles. The van der Waals surface area contributed by atoms with E-state index in [2.05, 4.69) is 18.1 Å². The quantitative estimate of drug-likeness (QED) is 0.681. The molecule has 0 bridgehead atoms. The molecule has 0 saturated heterocycles. The summed E-state index contributed by atoms with van der Waals surface area (Å²) in [7, 11) is 1.87. The molecule has 0 aliphatic rings. The second kappa shape index (κ2) is 5.52. The van der Waals surface area contributed by atoms with Gasteiger partial charge >= 0.3 is 0 Å². The average Bonchev–Trinajstić information content (AvgIpc) is 2.85. The zero-order valence-corrected chi connectivity index (χ0v) is 12.3. The molecular weight excluding hydrogens is 260 g/mol. The molecule has 3 nitrogen and oxygen atoms in total. The second-order valence-electron chi connectivity index (χ2n) is 5.27. The highest BCUT2D eigenvalue weighted by atomic mass is 16.1. The minimum Gasteiger partial charge on any atom is -0.287 e. The summed E-state index contributed by atoms with van der Waals surface area (Å²) in [6, 6.07) is 15.7. The SMILES string of the molecule is CCCc1cccc(C(=O)c2nn(C)c3ccccc23)c1. The van der Waals surface area contributed by atoms with Gasteiger partial charge in [-0.15, -0.1) is 0 Å². The monoisotopic (exact) mass is 278 g/mol. The molecule has 106 valence electrons. The van der Waals surface area contributed by atoms with Gasteiger partial charge in [0.25, 0.3) is 0 Å². The maximum absolute atomic E-state index is 12.8. The largest absolute Gasteiger partial charge is 0.287 e. The lowest BCUT2D eigenvalue weighted by molar-refractivity contribution is 0.103. The van der Waals surface area contributed by atoms with Gasteiger partial charge in [-0.1, -0.05) is 49.7 Å². The molecule has 0 saturated carbocycles. The van der Waals surface area contributed by atoms with E-state index in [1.54, 1.807) is 4.68 Å². The molecule has 1 heterocycles. The first-order valence-electron chi connectivity index (χ1n) is 7.26. The van der Waals surface area contributed by atoms with Crippen LogP contribution in [0.25, 0.3) is 10.9 Å². The Kier molecular flexibility index (Phi) is 3.57. The van der Waals surface area contributed by atoms with Crippen LogP contribution in [0.4, 0.5) is 0 Å². The molecule has 3 aromatic rings. The molecule has 3 rings (SSSR count). The van der Waals surface area contributed by atoms with Crippen molar-refractivity contribution in [1.29, 1.82) is 0 Å². The molecule has 3 heteroatoms. The first kappa shape index (κ1) is 13.6. The highest BCUT2D eigenvalue weighted by Crippen LogP contribution is 2.21. The van der Waals surface area contributed by atoms with Crippen LogP contribution in [0.2, 0.25) is 0 Å². The van der Waals surface area contributed by atoms with Crippen LogP contribution in [-0.2, 0) is 13.5 Å². The molecule has 2 aromatic carbocycles. The Labute approximate surface area is 124 Å². The lowest BCUT2D eigenvalue weighted by Crippen LogP contribution is -2.04. The Hall–Kier alpha value is -2.42. The number of aryl methyl sites for hydroxylation is 2. The summed E-state index contributed by atoms with van der Waals surface area (Å²) < 4.78 is 1.76. The summed E-state index contributed by atoms with van der Waals surface area (Å²) >= 11 is 0. The van der Waals surface area contributed by atoms with E-state index in [-0.39, 0.29) is 5.78 Å². The minimum atomic E-state index is -0.00949. The van der Waals surface area contributed by atoms with Crippen molar-refractivity contribution in [3.63, 3.8) is 0 Å². The molecule has 0 radical (unpaired) electrons. The van der Waals surface area contributed by atoms with Gasteiger partial charge in [0.2, 0.25) is 5.78 Å². The Balaban J connectivity index is 2.06. The Morgan fingerprint density at radius 3 is 2.76 bits per heavy atom. The smallest absolute Gasteiger partial charge is 0.213 e. The summed E-state index contributed by atoms with van der Waals surface area (Å²) in [5, 5.41) is 5.32. The van der Waals surface area contributed by atoms with E-state index in [1.165, 1.54) is 5.56 Å². The van der Waals surface area contributed by atoms with Crippen LogP contribution in [0, 0.1) is 0 Å². The van der Waals surface area contributed by atoms with Crippen LogP contribution in [0.15, 0.2) is 48.5 Å². The van der Waals surface area contributed by atoms with Gasteiger partial charge in [-0.05, 0) is 24.1 Å². The standard InChI is InChI=1S/C18H18N2O/c1-3-7-13-8-6-9-14(12-13)18(21)17-15-10-4-5-11-16(15)20(2)19-17/h4-6,8-12H,3,7H2,1-2H3. The molecule has 0 aliphatic carbocycles. The number of para-hydroxylation sites is 1. The predicted octanol–water partition coefficient (Wildman–Crippen LogP) is 3.76. The van der Waals surface area contributed by atoms with E-state index in [0.717, 1.165) is 23.7 Å². The van der Waals surface area contributed by atoms with E-state index in [1.807, 2.05) is 49.5 Å². The van der Waals surface area contributed by atoms with Crippen LogP contribution in [0.1, 0.15) is 35.0 Å². The third kappa shape index (κ3) is 2.47. The van der Waals surface area contributed by atoms with E-state index < -0.39 is 0 Å². The summed E-state index contributed by atoms with van der Waals surface area (Å²) in [4.78, 5) is 12.8. The number of carbonyl (C=O) groups excluding carboxylic acids is 1. The molecule has 1 aromatic heterocycles. The summed E-state index contributed by atoms with van der Waals surface area (Å²) in [5.74, 6) is -0.00949. The summed E-state index contributed by atoms with van der Waals surface area (Å²) in [5.41, 5.74) is 3.42. The van der Waals surface area contributed by atoms with Crippen LogP contribution in [0.5, 0.6) is 0 Å². The van der Waals surface area contributed by atoms with Gasteiger partial charge in [0, 0.05) is 18.0 Å². The Bertz CT molecular complexity index is 802. The molecular formula is C18H18N2O. The number of hydrogen-bond donors (Lipinski definition) is 0. The van der Waals surface area contributed by atoms with Crippen molar-refractivity contribution in [2.45, 2.75) is 19.8 Å². The topological polar surface area (TPSA) is 34.9 Å². The summed E-state index contributed by atoms with van der Waals surface area (Å²) in [6.07, 6.45) is 2.06. The fraction of sp³-hybridized carbons (Fsp3) is 0.222. The van der Waals surface area contributed by atoms with Gasteiger partial charge in [0.15, 0.2) is 0 Å². The van der Waals surface area contributed by atoms with E-state index in [4.69, 9.17) is 0 Å². The third-order valence-electron chi connectivity index (χ3n) is 3.70. The summed E-state index contributed by atoms with van der Waals surface area (Å²) in [6.45, 7) is 2.14. The van der Waals surface area contributed by atoms with E-state index in [0.29, 0.717) is 11.3 Å². The van der Waals surface area contributed by atoms with Crippen molar-refractivity contribution in [3.05, 3.63) is 65.4 Å². The zero-order valence-electron chi connectivity index (χ0n) is 12.3. The molecule has 0 atom stereocenters. The lowest BCUT2D eigenvalue weighted by atomic mass is 10.0. The molecule has 21 heavy (non-hydrogen) atoms. The number of fused-ring (bicyclic) bond motifs is 1. The van der Waals surface area contributed by atoms with Gasteiger partial charge in [-0.2, -0.15) is 5.10 Å². The maximum atomic E-state index is 12.8. The fourth-order valence-electron chi connectivity index (χ4n) is 2.68. The molecule has 0 amide bonds. The molecule has 0 spiro atoms. The third-order valence-corrected chi connectivity index (χ3v) is 3.70. The first-order chi connectivity index (χ1) is 10.2. The predicted molar refractivity (Wildman–Crippen MR) is 84.6 cm³/mol. The minimum absolute atomic E-state index is 0.00949. The number of nitrogens with zero attached hydrogens (tertiary/aromatic N) is 2. The van der Waals surface area contributed by atoms with Crippen molar-refractivity contribution in [3.8, 4) is 0 Å². The molecule has 0 N–H and O–H groups in total. The Morgan fingerprint density at radius 2 is 1.95 bits per heavy atom. The number of carbonyl (C=O) groups is 1. The number of hydrogen-bond acceptors (Lipinski definition) is 2. The van der Waals surface area contributed by atoms with E-state index in [9.17, 15) is 4.79 Å². The zero-order chi connectivity index (χ0) is 14.8. The highest BCUT2D eigenvalue weighted by molar-refractivity contribution is 6.14.